The predicted molar refractivity (Wildman–Crippen MR) is 93.8 cm³/mol. The van der Waals surface area contributed by atoms with Gasteiger partial charge >= 0.3 is 0 Å². The number of hydrogen-bond donors (Lipinski definition) is 0. The van der Waals surface area contributed by atoms with Gasteiger partial charge in [0, 0.05) is 61.5 Å². The Morgan fingerprint density at radius 1 is 1.12 bits per heavy atom. The van der Waals surface area contributed by atoms with Crippen molar-refractivity contribution in [3.8, 4) is 0 Å². The lowest BCUT2D eigenvalue weighted by molar-refractivity contribution is -0.132. The summed E-state index contributed by atoms with van der Waals surface area (Å²) in [6, 6.07) is 2.08. The number of nitrogens with zero attached hydrogens (tertiary/aromatic N) is 4. The van der Waals surface area contributed by atoms with Crippen LogP contribution in [0.4, 0.5) is 5.69 Å². The summed E-state index contributed by atoms with van der Waals surface area (Å²) < 4.78 is 5.44. The van der Waals surface area contributed by atoms with E-state index < -0.39 is 0 Å². The summed E-state index contributed by atoms with van der Waals surface area (Å²) in [5, 5.41) is 0. The normalized spacial score (nSPS) is 19.8. The van der Waals surface area contributed by atoms with Crippen molar-refractivity contribution in [2.24, 2.45) is 5.92 Å². The number of pyridine rings is 1. The minimum Gasteiger partial charge on any atom is -0.445 e. The molecule has 0 aromatic carbocycles. The molecule has 0 unspecified atom stereocenters. The molecule has 5 rings (SSSR count). The fourth-order valence-corrected chi connectivity index (χ4v) is 3.76. The molecule has 1 amide bonds. The van der Waals surface area contributed by atoms with Crippen LogP contribution in [0.3, 0.4) is 0 Å². The highest BCUT2D eigenvalue weighted by Gasteiger charge is 2.35. The number of amides is 1. The number of carbonyl (C=O) groups is 1. The first-order valence-electron chi connectivity index (χ1n) is 8.91. The largest absolute Gasteiger partial charge is 0.445 e. The van der Waals surface area contributed by atoms with Crippen LogP contribution in [0.2, 0.25) is 0 Å². The van der Waals surface area contributed by atoms with E-state index in [9.17, 15) is 4.79 Å². The van der Waals surface area contributed by atoms with Gasteiger partial charge in [-0.1, -0.05) is 0 Å². The van der Waals surface area contributed by atoms with Crippen LogP contribution >= 0.6 is 0 Å². The minimum absolute atomic E-state index is 0.308. The zero-order valence-electron chi connectivity index (χ0n) is 14.0. The third kappa shape index (κ3) is 2.62. The lowest BCUT2D eigenvalue weighted by atomic mass is 10.1. The summed E-state index contributed by atoms with van der Waals surface area (Å²) in [7, 11) is 0. The number of oxazole rings is 1. The number of anilines is 1. The van der Waals surface area contributed by atoms with E-state index >= 15 is 0 Å². The van der Waals surface area contributed by atoms with Crippen LogP contribution < -0.4 is 4.90 Å². The highest BCUT2D eigenvalue weighted by Crippen LogP contribution is 2.36. The van der Waals surface area contributed by atoms with Gasteiger partial charge in [0.2, 0.25) is 11.8 Å². The van der Waals surface area contributed by atoms with Crippen molar-refractivity contribution in [2.75, 3.05) is 31.1 Å². The Morgan fingerprint density at radius 3 is 2.68 bits per heavy atom. The summed E-state index contributed by atoms with van der Waals surface area (Å²) in [5.41, 5.74) is 4.51. The maximum absolute atomic E-state index is 12.2. The van der Waals surface area contributed by atoms with Gasteiger partial charge in [0.05, 0.1) is 11.9 Å². The van der Waals surface area contributed by atoms with Gasteiger partial charge < -0.3 is 14.2 Å². The van der Waals surface area contributed by atoms with Gasteiger partial charge in [-0.3, -0.25) is 9.78 Å². The first-order valence-corrected chi connectivity index (χ1v) is 8.91. The Morgan fingerprint density at radius 2 is 1.96 bits per heavy atom. The topological polar surface area (TPSA) is 62.5 Å². The van der Waals surface area contributed by atoms with E-state index in [0.717, 1.165) is 62.3 Å². The molecule has 1 aliphatic heterocycles. The predicted octanol–water partition coefficient (Wildman–Crippen LogP) is 2.22. The highest BCUT2D eigenvalue weighted by atomic mass is 16.3. The summed E-state index contributed by atoms with van der Waals surface area (Å²) in [6.07, 6.45) is 10.2. The summed E-state index contributed by atoms with van der Waals surface area (Å²) in [4.78, 5) is 25.4. The van der Waals surface area contributed by atoms with Gasteiger partial charge in [-0.25, -0.2) is 4.98 Å². The third-order valence-corrected chi connectivity index (χ3v) is 5.29. The van der Waals surface area contributed by atoms with Gasteiger partial charge in [0.25, 0.3) is 0 Å². The first kappa shape index (κ1) is 14.7. The number of hydrogen-bond acceptors (Lipinski definition) is 5. The zero-order chi connectivity index (χ0) is 16.8. The van der Waals surface area contributed by atoms with Crippen molar-refractivity contribution in [3.05, 3.63) is 41.9 Å². The summed E-state index contributed by atoms with van der Waals surface area (Å²) in [5.74, 6) is 1.33. The standard InChI is InChI=1S/C19H20N4O2/c24-19(13-1-2-13)23-8-6-22(7-9-23)17-3-4-20-16-12-14(11-15(16)17)18-21-5-10-25-18/h3-5,10-11,13H,1-2,6-9,12H2. The van der Waals surface area contributed by atoms with Crippen molar-refractivity contribution in [1.29, 1.82) is 0 Å². The molecule has 2 aromatic rings. The molecule has 0 atom stereocenters. The Labute approximate surface area is 146 Å². The van der Waals surface area contributed by atoms with E-state index in [4.69, 9.17) is 4.42 Å². The highest BCUT2D eigenvalue weighted by molar-refractivity contribution is 5.90. The average Bonchev–Trinajstić information content (AvgIpc) is 3.18. The van der Waals surface area contributed by atoms with Crippen molar-refractivity contribution in [2.45, 2.75) is 19.3 Å². The molecule has 2 aromatic heterocycles. The van der Waals surface area contributed by atoms with E-state index in [2.05, 4.69) is 27.0 Å². The quantitative estimate of drug-likeness (QED) is 0.860. The van der Waals surface area contributed by atoms with Crippen molar-refractivity contribution >= 4 is 23.2 Å². The molecule has 1 saturated heterocycles. The summed E-state index contributed by atoms with van der Waals surface area (Å²) in [6.45, 7) is 3.36. The van der Waals surface area contributed by atoms with Crippen LogP contribution in [0.25, 0.3) is 11.6 Å². The fourth-order valence-electron chi connectivity index (χ4n) is 3.76. The van der Waals surface area contributed by atoms with Crippen LogP contribution in [0.15, 0.2) is 29.1 Å². The molecule has 0 spiro atoms. The van der Waals surface area contributed by atoms with Crippen molar-refractivity contribution < 1.29 is 9.21 Å². The SMILES string of the molecule is O=C(C1CC1)N1CCN(c2ccnc3c2C=C(c2ncco2)C3)CC1. The molecule has 6 nitrogen and oxygen atoms in total. The van der Waals surface area contributed by atoms with E-state index in [-0.39, 0.29) is 0 Å². The smallest absolute Gasteiger partial charge is 0.225 e. The van der Waals surface area contributed by atoms with E-state index in [1.807, 2.05) is 11.1 Å². The molecule has 6 heteroatoms. The number of rotatable bonds is 3. The van der Waals surface area contributed by atoms with Gasteiger partial charge in [-0.2, -0.15) is 0 Å². The first-order chi connectivity index (χ1) is 12.3. The minimum atomic E-state index is 0.308. The lowest BCUT2D eigenvalue weighted by Crippen LogP contribution is -2.49. The van der Waals surface area contributed by atoms with Gasteiger partial charge in [-0.05, 0) is 25.0 Å². The monoisotopic (exact) mass is 336 g/mol. The third-order valence-electron chi connectivity index (χ3n) is 5.29. The average molecular weight is 336 g/mol. The molecule has 25 heavy (non-hydrogen) atoms. The molecular formula is C19H20N4O2. The number of piperazine rings is 1. The van der Waals surface area contributed by atoms with E-state index in [0.29, 0.717) is 17.7 Å². The molecule has 0 N–H and O–H groups in total. The molecule has 0 bridgehead atoms. The lowest BCUT2D eigenvalue weighted by Gasteiger charge is -2.37. The molecule has 1 saturated carbocycles. The zero-order valence-corrected chi connectivity index (χ0v) is 14.0. The Hall–Kier alpha value is -2.63. The van der Waals surface area contributed by atoms with Crippen molar-refractivity contribution in [1.82, 2.24) is 14.9 Å². The van der Waals surface area contributed by atoms with Gasteiger partial charge in [0.1, 0.15) is 6.26 Å². The van der Waals surface area contributed by atoms with Crippen LogP contribution in [0.5, 0.6) is 0 Å². The summed E-state index contributed by atoms with van der Waals surface area (Å²) >= 11 is 0. The second-order valence-corrected chi connectivity index (χ2v) is 6.96. The Bertz CT molecular complexity index is 831. The number of fused-ring (bicyclic) bond motifs is 1. The number of aromatic nitrogens is 2. The number of allylic oxidation sites excluding steroid dienone is 1. The van der Waals surface area contributed by atoms with E-state index in [1.165, 1.54) is 5.69 Å². The number of carbonyl (C=O) groups excluding carboxylic acids is 1. The van der Waals surface area contributed by atoms with Crippen LogP contribution in [0, 0.1) is 5.92 Å². The molecule has 3 aliphatic rings. The maximum Gasteiger partial charge on any atom is 0.225 e. The molecule has 128 valence electrons. The maximum atomic E-state index is 12.2. The van der Waals surface area contributed by atoms with Crippen LogP contribution in [0.1, 0.15) is 30.0 Å². The molecular weight excluding hydrogens is 316 g/mol. The van der Waals surface area contributed by atoms with Gasteiger partial charge in [-0.15, -0.1) is 0 Å². The van der Waals surface area contributed by atoms with E-state index in [1.54, 1.807) is 12.5 Å². The van der Waals surface area contributed by atoms with Crippen molar-refractivity contribution in [3.63, 3.8) is 0 Å². The molecule has 2 aliphatic carbocycles. The Balaban J connectivity index is 1.36. The Kier molecular flexibility index (Phi) is 3.36. The fraction of sp³-hybridized carbons (Fsp3) is 0.421. The van der Waals surface area contributed by atoms with Crippen LogP contribution in [-0.4, -0.2) is 47.0 Å². The molecule has 0 radical (unpaired) electrons. The molecule has 2 fully saturated rings. The second-order valence-electron chi connectivity index (χ2n) is 6.96. The van der Waals surface area contributed by atoms with Gasteiger partial charge in [0.15, 0.2) is 0 Å². The molecule has 3 heterocycles. The van der Waals surface area contributed by atoms with Crippen LogP contribution in [-0.2, 0) is 11.2 Å². The second kappa shape index (κ2) is 5.72.